The van der Waals surface area contributed by atoms with E-state index in [1.165, 1.54) is 36.4 Å². The number of hydrogen-bond acceptors (Lipinski definition) is 2. The molecular formula is C34H20F6N2O2. The number of halogens is 6. The highest BCUT2D eigenvalue weighted by atomic mass is 19.4. The Kier molecular flexibility index (Phi) is 6.80. The van der Waals surface area contributed by atoms with Gasteiger partial charge in [-0.25, -0.2) is 4.90 Å². The van der Waals surface area contributed by atoms with Crippen LogP contribution in [0.5, 0.6) is 0 Å². The fourth-order valence-electron chi connectivity index (χ4n) is 5.57. The molecule has 1 aliphatic rings. The molecule has 6 rings (SSSR count). The van der Waals surface area contributed by atoms with Crippen molar-refractivity contribution in [2.75, 3.05) is 4.90 Å². The predicted molar refractivity (Wildman–Crippen MR) is 156 cm³/mol. The summed E-state index contributed by atoms with van der Waals surface area (Å²) in [6.45, 7) is 3.45. The normalized spacial score (nSPS) is 13.7. The Balaban J connectivity index is 1.60. The first-order valence-corrected chi connectivity index (χ1v) is 13.2. The van der Waals surface area contributed by atoms with Crippen LogP contribution in [-0.4, -0.2) is 16.4 Å². The fraction of sp³-hybridized carbons (Fsp3) is 0.0588. The minimum Gasteiger partial charge on any atom is -0.303 e. The average Bonchev–Trinajstić information content (AvgIpc) is 3.47. The molecule has 0 atom stereocenters. The monoisotopic (exact) mass is 602 g/mol. The number of carbonyl (C=O) groups excluding carboxylic acids is 2. The second kappa shape index (κ2) is 10.4. The quantitative estimate of drug-likeness (QED) is 0.114. The maximum absolute atomic E-state index is 14.8. The van der Waals surface area contributed by atoms with Gasteiger partial charge in [0.25, 0.3) is 11.8 Å². The number of benzene rings is 4. The van der Waals surface area contributed by atoms with Crippen LogP contribution in [0.2, 0.25) is 0 Å². The summed E-state index contributed by atoms with van der Waals surface area (Å²) < 4.78 is 87.7. The number of imide groups is 1. The van der Waals surface area contributed by atoms with E-state index in [0.29, 0.717) is 10.6 Å². The topological polar surface area (TPSA) is 42.3 Å². The first-order valence-electron chi connectivity index (χ1n) is 13.2. The van der Waals surface area contributed by atoms with Crippen LogP contribution in [0.3, 0.4) is 0 Å². The molecule has 10 heteroatoms. The van der Waals surface area contributed by atoms with Crippen molar-refractivity contribution >= 4 is 34.5 Å². The smallest absolute Gasteiger partial charge is 0.303 e. The Morgan fingerprint density at radius 3 is 1.98 bits per heavy atom. The van der Waals surface area contributed by atoms with Gasteiger partial charge >= 0.3 is 12.4 Å². The molecule has 0 bridgehead atoms. The molecule has 0 unspecified atom stereocenters. The summed E-state index contributed by atoms with van der Waals surface area (Å²) >= 11 is 0. The van der Waals surface area contributed by atoms with Gasteiger partial charge in [0, 0.05) is 10.9 Å². The van der Waals surface area contributed by atoms with Gasteiger partial charge in [0.1, 0.15) is 5.69 Å². The summed E-state index contributed by atoms with van der Waals surface area (Å²) in [6, 6.07) is 22.2. The van der Waals surface area contributed by atoms with Crippen molar-refractivity contribution in [3.8, 4) is 16.8 Å². The largest absolute Gasteiger partial charge is 0.432 e. The van der Waals surface area contributed by atoms with Gasteiger partial charge in [-0.2, -0.15) is 26.3 Å². The Hall–Kier alpha value is -5.38. The van der Waals surface area contributed by atoms with Crippen molar-refractivity contribution in [1.29, 1.82) is 0 Å². The van der Waals surface area contributed by atoms with Crippen LogP contribution in [0, 0.1) is 0 Å². The number of para-hydroxylation sites is 1. The molecule has 1 aliphatic heterocycles. The van der Waals surface area contributed by atoms with E-state index in [-0.39, 0.29) is 16.6 Å². The minimum absolute atomic E-state index is 0.154. The van der Waals surface area contributed by atoms with E-state index in [4.69, 9.17) is 0 Å². The van der Waals surface area contributed by atoms with Crippen molar-refractivity contribution in [2.45, 2.75) is 12.4 Å². The zero-order valence-corrected chi connectivity index (χ0v) is 22.6. The van der Waals surface area contributed by atoms with Crippen LogP contribution in [0.1, 0.15) is 37.5 Å². The van der Waals surface area contributed by atoms with Crippen LogP contribution in [0.25, 0.3) is 33.8 Å². The van der Waals surface area contributed by atoms with Gasteiger partial charge in [0.2, 0.25) is 0 Å². The Labute approximate surface area is 246 Å². The summed E-state index contributed by atoms with van der Waals surface area (Å²) in [5.41, 5.74) is -3.45. The summed E-state index contributed by atoms with van der Waals surface area (Å²) in [6.07, 6.45) is -6.81. The first-order chi connectivity index (χ1) is 20.9. The first kappa shape index (κ1) is 28.7. The molecule has 0 saturated carbocycles. The van der Waals surface area contributed by atoms with Gasteiger partial charge in [-0.1, -0.05) is 85.5 Å². The second-order valence-corrected chi connectivity index (χ2v) is 9.95. The van der Waals surface area contributed by atoms with E-state index in [1.54, 1.807) is 12.1 Å². The number of carbonyl (C=O) groups is 2. The van der Waals surface area contributed by atoms with Crippen LogP contribution >= 0.6 is 0 Å². The molecular weight excluding hydrogens is 582 g/mol. The van der Waals surface area contributed by atoms with Crippen LogP contribution in [-0.2, 0) is 12.4 Å². The average molecular weight is 603 g/mol. The van der Waals surface area contributed by atoms with Gasteiger partial charge < -0.3 is 4.57 Å². The third-order valence-electron chi connectivity index (χ3n) is 7.37. The maximum Gasteiger partial charge on any atom is 0.432 e. The highest BCUT2D eigenvalue weighted by Gasteiger charge is 2.45. The van der Waals surface area contributed by atoms with Gasteiger partial charge in [-0.3, -0.25) is 9.59 Å². The molecule has 0 N–H and O–H groups in total. The third kappa shape index (κ3) is 4.59. The molecule has 2 amide bonds. The fourth-order valence-corrected chi connectivity index (χ4v) is 5.57. The molecule has 4 aromatic carbocycles. The standard InChI is InChI=1S/C34H20F6N2O2/c1-2-3-11-24-23-12-7-14-26(33(35,36)37)29(23)42(30(24)34(38,39)40)27-15-8-13-25-28(27)32(44)41(31(25)43)22-18-16-21(17-19-22)20-9-5-4-6-10-20/h2-19H,1H2/b11-3-. The number of allylic oxidation sites excluding steroid dienone is 2. The maximum atomic E-state index is 14.8. The van der Waals surface area contributed by atoms with Gasteiger partial charge in [0.15, 0.2) is 0 Å². The van der Waals surface area contributed by atoms with Crippen molar-refractivity contribution in [3.63, 3.8) is 0 Å². The van der Waals surface area contributed by atoms with Gasteiger partial charge in [-0.15, -0.1) is 0 Å². The highest BCUT2D eigenvalue weighted by molar-refractivity contribution is 6.35. The van der Waals surface area contributed by atoms with E-state index in [0.717, 1.165) is 40.3 Å². The highest BCUT2D eigenvalue weighted by Crippen LogP contribution is 2.46. The number of alkyl halides is 6. The van der Waals surface area contributed by atoms with Crippen LogP contribution < -0.4 is 4.90 Å². The Morgan fingerprint density at radius 1 is 0.682 bits per heavy atom. The van der Waals surface area contributed by atoms with Crippen molar-refractivity contribution in [3.05, 3.63) is 138 Å². The van der Waals surface area contributed by atoms with Crippen molar-refractivity contribution in [2.24, 2.45) is 0 Å². The molecule has 220 valence electrons. The molecule has 5 aromatic rings. The summed E-state index contributed by atoms with van der Waals surface area (Å²) in [4.78, 5) is 28.2. The van der Waals surface area contributed by atoms with E-state index >= 15 is 0 Å². The minimum atomic E-state index is -5.16. The van der Waals surface area contributed by atoms with E-state index in [1.807, 2.05) is 30.3 Å². The lowest BCUT2D eigenvalue weighted by atomic mass is 10.1. The van der Waals surface area contributed by atoms with E-state index in [2.05, 4.69) is 6.58 Å². The summed E-state index contributed by atoms with van der Waals surface area (Å²) in [5.74, 6) is -1.78. The van der Waals surface area contributed by atoms with Gasteiger partial charge in [0.05, 0.1) is 33.6 Å². The number of aromatic nitrogens is 1. The number of fused-ring (bicyclic) bond motifs is 2. The second-order valence-electron chi connectivity index (χ2n) is 9.95. The number of amides is 2. The van der Waals surface area contributed by atoms with Gasteiger partial charge in [-0.05, 0) is 41.5 Å². The van der Waals surface area contributed by atoms with Crippen molar-refractivity contribution in [1.82, 2.24) is 4.57 Å². The molecule has 0 aliphatic carbocycles. The third-order valence-corrected chi connectivity index (χ3v) is 7.37. The number of rotatable bonds is 5. The van der Waals surface area contributed by atoms with Crippen LogP contribution in [0.4, 0.5) is 32.0 Å². The lowest BCUT2D eigenvalue weighted by Crippen LogP contribution is -2.29. The van der Waals surface area contributed by atoms with Crippen LogP contribution in [0.15, 0.2) is 110 Å². The molecule has 0 fully saturated rings. The number of hydrogen-bond donors (Lipinski definition) is 0. The lowest BCUT2D eigenvalue weighted by molar-refractivity contribution is -0.143. The number of anilines is 1. The predicted octanol–water partition coefficient (Wildman–Crippen LogP) is 9.33. The molecule has 2 heterocycles. The Morgan fingerprint density at radius 2 is 1.34 bits per heavy atom. The molecule has 0 saturated heterocycles. The molecule has 0 radical (unpaired) electrons. The summed E-state index contributed by atoms with van der Waals surface area (Å²) in [5, 5.41) is -0.340. The zero-order chi connectivity index (χ0) is 31.4. The number of nitrogens with zero attached hydrogens (tertiary/aromatic N) is 2. The van der Waals surface area contributed by atoms with E-state index in [9.17, 15) is 35.9 Å². The molecule has 1 aromatic heterocycles. The van der Waals surface area contributed by atoms with Crippen molar-refractivity contribution < 1.29 is 35.9 Å². The SMILES string of the molecule is C=C/C=C\c1c(C(F)(F)F)n(-c2cccc3c2C(=O)N(c2ccc(-c4ccccc4)cc2)C3=O)c2c(C(F)(F)F)cccc12. The Bertz CT molecular complexity index is 1990. The van der Waals surface area contributed by atoms with E-state index < -0.39 is 57.8 Å². The molecule has 0 spiro atoms. The lowest BCUT2D eigenvalue weighted by Gasteiger charge is -2.19. The zero-order valence-electron chi connectivity index (χ0n) is 22.6. The molecule has 4 nitrogen and oxygen atoms in total. The molecule has 44 heavy (non-hydrogen) atoms. The summed E-state index contributed by atoms with van der Waals surface area (Å²) in [7, 11) is 0.